The molecule has 0 atom stereocenters. The van der Waals surface area contributed by atoms with Gasteiger partial charge in [-0.25, -0.2) is 4.79 Å². The third-order valence-corrected chi connectivity index (χ3v) is 2.82. The van der Waals surface area contributed by atoms with E-state index in [1.165, 1.54) is 0 Å². The molecule has 4 nitrogen and oxygen atoms in total. The first-order chi connectivity index (χ1) is 7.41. The zero-order chi connectivity index (χ0) is 12.3. The molecule has 0 aliphatic carbocycles. The van der Waals surface area contributed by atoms with E-state index in [0.29, 0.717) is 11.6 Å². The van der Waals surface area contributed by atoms with Gasteiger partial charge in [0.2, 0.25) is 0 Å². The van der Waals surface area contributed by atoms with Crippen molar-refractivity contribution in [3.63, 3.8) is 0 Å². The van der Waals surface area contributed by atoms with E-state index in [2.05, 4.69) is 15.9 Å². The van der Waals surface area contributed by atoms with Crippen LogP contribution in [0.4, 0.5) is 0 Å². The minimum atomic E-state index is -1.60. The number of hydrogen-bond donors (Lipinski definition) is 2. The predicted molar refractivity (Wildman–Crippen MR) is 62.1 cm³/mol. The molecule has 0 unspecified atom stereocenters. The SMILES string of the molecule is Cc1cc(/C(O)=C/C(=O)C(=O)O)ccc1Br. The van der Waals surface area contributed by atoms with Gasteiger partial charge in [0.25, 0.3) is 5.78 Å². The highest BCUT2D eigenvalue weighted by atomic mass is 79.9. The second-order valence-corrected chi connectivity index (χ2v) is 4.02. The number of benzene rings is 1. The van der Waals surface area contributed by atoms with Crippen LogP contribution in [0.2, 0.25) is 0 Å². The lowest BCUT2D eigenvalue weighted by atomic mass is 10.1. The van der Waals surface area contributed by atoms with Crippen molar-refractivity contribution in [1.82, 2.24) is 0 Å². The third-order valence-electron chi connectivity index (χ3n) is 1.93. The number of aliphatic hydroxyl groups is 1. The molecule has 0 spiro atoms. The first-order valence-electron chi connectivity index (χ1n) is 4.36. The number of aliphatic carboxylic acids is 1. The van der Waals surface area contributed by atoms with Crippen LogP contribution < -0.4 is 0 Å². The lowest BCUT2D eigenvalue weighted by molar-refractivity contribution is -0.146. The van der Waals surface area contributed by atoms with Crippen LogP contribution in [-0.4, -0.2) is 22.0 Å². The second kappa shape index (κ2) is 4.94. The second-order valence-electron chi connectivity index (χ2n) is 3.16. The predicted octanol–water partition coefficient (Wildman–Crippen LogP) is 2.31. The van der Waals surface area contributed by atoms with Crippen LogP contribution in [0.3, 0.4) is 0 Å². The van der Waals surface area contributed by atoms with Gasteiger partial charge in [-0.1, -0.05) is 22.0 Å². The molecule has 0 heterocycles. The average molecular weight is 285 g/mol. The van der Waals surface area contributed by atoms with Crippen LogP contribution in [0.1, 0.15) is 11.1 Å². The van der Waals surface area contributed by atoms with Crippen LogP contribution in [0, 0.1) is 6.92 Å². The maximum Gasteiger partial charge on any atom is 0.376 e. The van der Waals surface area contributed by atoms with Crippen molar-refractivity contribution in [2.24, 2.45) is 0 Å². The van der Waals surface area contributed by atoms with E-state index < -0.39 is 11.8 Å². The van der Waals surface area contributed by atoms with Crippen LogP contribution >= 0.6 is 15.9 Å². The van der Waals surface area contributed by atoms with Gasteiger partial charge in [0, 0.05) is 16.1 Å². The van der Waals surface area contributed by atoms with Gasteiger partial charge < -0.3 is 10.2 Å². The minimum Gasteiger partial charge on any atom is -0.507 e. The van der Waals surface area contributed by atoms with E-state index in [4.69, 9.17) is 5.11 Å². The van der Waals surface area contributed by atoms with Crippen LogP contribution in [-0.2, 0) is 9.59 Å². The summed E-state index contributed by atoms with van der Waals surface area (Å²) in [5, 5.41) is 17.9. The largest absolute Gasteiger partial charge is 0.507 e. The highest BCUT2D eigenvalue weighted by molar-refractivity contribution is 9.10. The summed E-state index contributed by atoms with van der Waals surface area (Å²) in [6, 6.07) is 4.93. The monoisotopic (exact) mass is 284 g/mol. The molecular weight excluding hydrogens is 276 g/mol. The number of carbonyl (C=O) groups excluding carboxylic acids is 1. The van der Waals surface area contributed by atoms with Gasteiger partial charge in [0.1, 0.15) is 5.76 Å². The van der Waals surface area contributed by atoms with Crippen molar-refractivity contribution >= 4 is 33.4 Å². The summed E-state index contributed by atoms with van der Waals surface area (Å²) < 4.78 is 0.869. The number of aryl methyl sites for hydroxylation is 1. The number of carbonyl (C=O) groups is 2. The van der Waals surface area contributed by atoms with Crippen molar-refractivity contribution in [3.8, 4) is 0 Å². The van der Waals surface area contributed by atoms with E-state index in [-0.39, 0.29) is 5.76 Å². The smallest absolute Gasteiger partial charge is 0.376 e. The highest BCUT2D eigenvalue weighted by Gasteiger charge is 2.10. The Kier molecular flexibility index (Phi) is 3.84. The summed E-state index contributed by atoms with van der Waals surface area (Å²) in [6.07, 6.45) is 0.686. The summed E-state index contributed by atoms with van der Waals surface area (Å²) in [5.41, 5.74) is 1.27. The summed E-state index contributed by atoms with van der Waals surface area (Å²) in [5.74, 6) is -3.11. The van der Waals surface area contributed by atoms with Gasteiger partial charge in [0.15, 0.2) is 0 Å². The molecule has 2 N–H and O–H groups in total. The summed E-state index contributed by atoms with van der Waals surface area (Å²) in [7, 11) is 0. The number of aliphatic hydroxyl groups excluding tert-OH is 1. The minimum absolute atomic E-state index is 0.358. The molecule has 0 amide bonds. The Morgan fingerprint density at radius 1 is 1.31 bits per heavy atom. The molecule has 16 heavy (non-hydrogen) atoms. The number of ketones is 1. The summed E-state index contributed by atoms with van der Waals surface area (Å²) in [6.45, 7) is 1.82. The molecule has 0 saturated heterocycles. The van der Waals surface area contributed by atoms with Crippen molar-refractivity contribution < 1.29 is 19.8 Å². The fraction of sp³-hybridized carbons (Fsp3) is 0.0909. The zero-order valence-electron chi connectivity index (χ0n) is 8.40. The molecule has 84 valence electrons. The van der Waals surface area contributed by atoms with Gasteiger partial charge in [-0.15, -0.1) is 0 Å². The number of carboxylic acid groups (broad SMARTS) is 1. The highest BCUT2D eigenvalue weighted by Crippen LogP contribution is 2.20. The first-order valence-corrected chi connectivity index (χ1v) is 5.15. The molecule has 0 saturated carbocycles. The van der Waals surface area contributed by atoms with Crippen molar-refractivity contribution in [2.75, 3.05) is 0 Å². The Hall–Kier alpha value is -1.62. The molecule has 0 bridgehead atoms. The average Bonchev–Trinajstić information content (AvgIpc) is 2.21. The van der Waals surface area contributed by atoms with Crippen molar-refractivity contribution in [3.05, 3.63) is 39.9 Å². The van der Waals surface area contributed by atoms with Crippen molar-refractivity contribution in [1.29, 1.82) is 0 Å². The summed E-state index contributed by atoms with van der Waals surface area (Å²) in [4.78, 5) is 21.1. The Morgan fingerprint density at radius 3 is 2.44 bits per heavy atom. The standard InChI is InChI=1S/C11H9BrO4/c1-6-4-7(2-3-8(6)12)9(13)5-10(14)11(15)16/h2-5,13H,1H3,(H,15,16)/b9-5-. The molecule has 0 aliphatic heterocycles. The lowest BCUT2D eigenvalue weighted by Gasteiger charge is -2.02. The Morgan fingerprint density at radius 2 is 1.94 bits per heavy atom. The molecule has 1 aromatic rings. The van der Waals surface area contributed by atoms with Gasteiger partial charge in [0.05, 0.1) is 0 Å². The fourth-order valence-corrected chi connectivity index (χ4v) is 1.32. The van der Waals surface area contributed by atoms with Crippen LogP contribution in [0.25, 0.3) is 5.76 Å². The molecular formula is C11H9BrO4. The molecule has 5 heteroatoms. The number of carboxylic acids is 1. The zero-order valence-corrected chi connectivity index (χ0v) is 9.98. The maximum absolute atomic E-state index is 10.8. The number of halogens is 1. The quantitative estimate of drug-likeness (QED) is 0.507. The molecule has 0 aromatic heterocycles. The van der Waals surface area contributed by atoms with E-state index in [9.17, 15) is 14.7 Å². The Bertz CT molecular complexity index is 477. The molecule has 0 aliphatic rings. The maximum atomic E-state index is 10.8. The number of hydrogen-bond acceptors (Lipinski definition) is 3. The van der Waals surface area contributed by atoms with E-state index in [1.54, 1.807) is 18.2 Å². The summed E-state index contributed by atoms with van der Waals surface area (Å²) >= 11 is 3.29. The Labute approximate surface area is 100 Å². The van der Waals surface area contributed by atoms with Crippen LogP contribution in [0.15, 0.2) is 28.7 Å². The first kappa shape index (κ1) is 12.4. The normalized spacial score (nSPS) is 11.2. The van der Waals surface area contributed by atoms with E-state index in [1.807, 2.05) is 6.92 Å². The third kappa shape index (κ3) is 2.93. The van der Waals surface area contributed by atoms with Gasteiger partial charge in [-0.05, 0) is 24.6 Å². The lowest BCUT2D eigenvalue weighted by Crippen LogP contribution is -2.09. The van der Waals surface area contributed by atoms with Crippen molar-refractivity contribution in [2.45, 2.75) is 6.92 Å². The molecule has 0 radical (unpaired) electrons. The van der Waals surface area contributed by atoms with Gasteiger partial charge in [-0.3, -0.25) is 4.79 Å². The Balaban J connectivity index is 3.05. The van der Waals surface area contributed by atoms with E-state index >= 15 is 0 Å². The fourth-order valence-electron chi connectivity index (χ4n) is 1.07. The number of rotatable bonds is 3. The van der Waals surface area contributed by atoms with Gasteiger partial charge >= 0.3 is 5.97 Å². The molecule has 0 fully saturated rings. The molecule has 1 rings (SSSR count). The molecule has 1 aromatic carbocycles. The topological polar surface area (TPSA) is 74.6 Å². The van der Waals surface area contributed by atoms with Gasteiger partial charge in [-0.2, -0.15) is 0 Å². The van der Waals surface area contributed by atoms with E-state index in [0.717, 1.165) is 10.0 Å². The van der Waals surface area contributed by atoms with Crippen LogP contribution in [0.5, 0.6) is 0 Å².